The van der Waals surface area contributed by atoms with E-state index in [4.69, 9.17) is 0 Å². The van der Waals surface area contributed by atoms with E-state index in [2.05, 4.69) is 32.4 Å². The van der Waals surface area contributed by atoms with Crippen LogP contribution < -0.4 is 10.2 Å². The molecule has 1 fully saturated rings. The zero-order valence-electron chi connectivity index (χ0n) is 17.7. The van der Waals surface area contributed by atoms with Crippen LogP contribution in [0.1, 0.15) is 21.5 Å². The molecule has 0 unspecified atom stereocenters. The van der Waals surface area contributed by atoms with Crippen LogP contribution in [0.4, 0.5) is 11.5 Å². The topological polar surface area (TPSA) is 61.4 Å². The van der Waals surface area contributed by atoms with Gasteiger partial charge in [-0.2, -0.15) is 0 Å². The van der Waals surface area contributed by atoms with Crippen LogP contribution >= 0.6 is 0 Å². The standard InChI is InChI=1S/C24H27N5O/c1-17-7-8-20(15-18(17)2)24(30)25-21-6-4-5-19(16-21)22-9-10-23(27-26-22)29-13-11-28(3)12-14-29/h4-10,15-16H,11-14H2,1-3H3,(H,25,30). The van der Waals surface area contributed by atoms with Crippen molar-refractivity contribution in [3.8, 4) is 11.3 Å². The lowest BCUT2D eigenvalue weighted by molar-refractivity contribution is 0.102. The maximum atomic E-state index is 12.6. The fourth-order valence-corrected chi connectivity index (χ4v) is 3.53. The van der Waals surface area contributed by atoms with Crippen molar-refractivity contribution in [3.63, 3.8) is 0 Å². The fourth-order valence-electron chi connectivity index (χ4n) is 3.53. The summed E-state index contributed by atoms with van der Waals surface area (Å²) in [6.07, 6.45) is 0. The molecule has 154 valence electrons. The quantitative estimate of drug-likeness (QED) is 0.721. The number of aryl methyl sites for hydroxylation is 2. The summed E-state index contributed by atoms with van der Waals surface area (Å²) < 4.78 is 0. The second-order valence-electron chi connectivity index (χ2n) is 7.90. The summed E-state index contributed by atoms with van der Waals surface area (Å²) in [5.74, 6) is 0.790. The van der Waals surface area contributed by atoms with E-state index < -0.39 is 0 Å². The van der Waals surface area contributed by atoms with E-state index in [0.717, 1.165) is 54.5 Å². The fraction of sp³-hybridized carbons (Fsp3) is 0.292. The van der Waals surface area contributed by atoms with Gasteiger partial charge in [-0.1, -0.05) is 18.2 Å². The Morgan fingerprint density at radius 2 is 1.70 bits per heavy atom. The molecule has 0 saturated carbocycles. The monoisotopic (exact) mass is 401 g/mol. The van der Waals surface area contributed by atoms with Crippen molar-refractivity contribution in [1.82, 2.24) is 15.1 Å². The number of anilines is 2. The van der Waals surface area contributed by atoms with Crippen molar-refractivity contribution < 1.29 is 4.79 Å². The number of benzene rings is 2. The minimum absolute atomic E-state index is 0.119. The van der Waals surface area contributed by atoms with E-state index in [9.17, 15) is 4.79 Å². The highest BCUT2D eigenvalue weighted by atomic mass is 16.1. The molecule has 0 radical (unpaired) electrons. The van der Waals surface area contributed by atoms with Crippen LogP contribution in [0.25, 0.3) is 11.3 Å². The molecule has 30 heavy (non-hydrogen) atoms. The number of hydrogen-bond acceptors (Lipinski definition) is 5. The van der Waals surface area contributed by atoms with E-state index in [-0.39, 0.29) is 5.91 Å². The molecule has 1 saturated heterocycles. The summed E-state index contributed by atoms with van der Waals surface area (Å²) in [5.41, 5.74) is 5.38. The molecule has 1 N–H and O–H groups in total. The molecule has 0 atom stereocenters. The minimum Gasteiger partial charge on any atom is -0.353 e. The molecule has 0 bridgehead atoms. The molecule has 2 aromatic carbocycles. The van der Waals surface area contributed by atoms with Crippen molar-refractivity contribution in [2.45, 2.75) is 13.8 Å². The molecule has 0 spiro atoms. The normalized spacial score (nSPS) is 14.6. The van der Waals surface area contributed by atoms with Gasteiger partial charge in [-0.05, 0) is 68.4 Å². The van der Waals surface area contributed by atoms with Gasteiger partial charge < -0.3 is 15.1 Å². The number of piperazine rings is 1. The highest BCUT2D eigenvalue weighted by Gasteiger charge is 2.16. The molecule has 1 amide bonds. The van der Waals surface area contributed by atoms with Gasteiger partial charge in [-0.25, -0.2) is 0 Å². The highest BCUT2D eigenvalue weighted by Crippen LogP contribution is 2.23. The Morgan fingerprint density at radius 1 is 0.900 bits per heavy atom. The van der Waals surface area contributed by atoms with Gasteiger partial charge in [0.1, 0.15) is 0 Å². The maximum Gasteiger partial charge on any atom is 0.255 e. The van der Waals surface area contributed by atoms with E-state index >= 15 is 0 Å². The lowest BCUT2D eigenvalue weighted by Gasteiger charge is -2.32. The summed E-state index contributed by atoms with van der Waals surface area (Å²) in [5, 5.41) is 11.8. The number of nitrogens with zero attached hydrogens (tertiary/aromatic N) is 4. The first-order valence-corrected chi connectivity index (χ1v) is 10.3. The number of hydrogen-bond donors (Lipinski definition) is 1. The molecule has 3 aromatic rings. The van der Waals surface area contributed by atoms with E-state index in [0.29, 0.717) is 5.56 Å². The molecular weight excluding hydrogens is 374 g/mol. The lowest BCUT2D eigenvalue weighted by Crippen LogP contribution is -2.44. The van der Waals surface area contributed by atoms with E-state index in [1.54, 1.807) is 0 Å². The molecular formula is C24H27N5O. The van der Waals surface area contributed by atoms with Crippen molar-refractivity contribution in [2.75, 3.05) is 43.4 Å². The predicted molar refractivity (Wildman–Crippen MR) is 121 cm³/mol. The van der Waals surface area contributed by atoms with E-state index in [1.165, 1.54) is 5.56 Å². The van der Waals surface area contributed by atoms with Gasteiger partial charge >= 0.3 is 0 Å². The zero-order chi connectivity index (χ0) is 21.1. The molecule has 6 nitrogen and oxygen atoms in total. The molecule has 1 aromatic heterocycles. The van der Waals surface area contributed by atoms with E-state index in [1.807, 2.05) is 68.4 Å². The van der Waals surface area contributed by atoms with Gasteiger partial charge in [0.05, 0.1) is 5.69 Å². The number of nitrogens with one attached hydrogen (secondary N) is 1. The van der Waals surface area contributed by atoms with Crippen LogP contribution in [-0.2, 0) is 0 Å². The number of rotatable bonds is 4. The highest BCUT2D eigenvalue weighted by molar-refractivity contribution is 6.04. The number of carbonyl (C=O) groups excluding carboxylic acids is 1. The summed E-state index contributed by atoms with van der Waals surface area (Å²) >= 11 is 0. The third kappa shape index (κ3) is 4.49. The van der Waals surface area contributed by atoms with Gasteiger partial charge in [0.25, 0.3) is 5.91 Å². The molecule has 6 heteroatoms. The van der Waals surface area contributed by atoms with Crippen molar-refractivity contribution >= 4 is 17.4 Å². The van der Waals surface area contributed by atoms with Crippen molar-refractivity contribution in [3.05, 3.63) is 71.3 Å². The number of carbonyl (C=O) groups is 1. The van der Waals surface area contributed by atoms with Crippen molar-refractivity contribution in [2.24, 2.45) is 0 Å². The Balaban J connectivity index is 1.47. The SMILES string of the molecule is Cc1ccc(C(=O)Nc2cccc(-c3ccc(N4CCN(C)CC4)nn3)c2)cc1C. The lowest BCUT2D eigenvalue weighted by atomic mass is 10.1. The van der Waals surface area contributed by atoms with Gasteiger partial charge in [0.2, 0.25) is 0 Å². The third-order valence-electron chi connectivity index (χ3n) is 5.66. The molecule has 1 aliphatic heterocycles. The molecule has 2 heterocycles. The van der Waals surface area contributed by atoms with Gasteiger partial charge in [0.15, 0.2) is 5.82 Å². The Kier molecular flexibility index (Phi) is 5.77. The van der Waals surface area contributed by atoms with Gasteiger partial charge in [0, 0.05) is 43.0 Å². The number of aromatic nitrogens is 2. The van der Waals surface area contributed by atoms with Crippen molar-refractivity contribution in [1.29, 1.82) is 0 Å². The number of amides is 1. The largest absolute Gasteiger partial charge is 0.353 e. The smallest absolute Gasteiger partial charge is 0.255 e. The summed E-state index contributed by atoms with van der Waals surface area (Å²) in [6.45, 7) is 8.04. The average molecular weight is 402 g/mol. The predicted octanol–water partition coefficient (Wildman–Crippen LogP) is 3.76. The van der Waals surface area contributed by atoms with Crippen LogP contribution in [0.3, 0.4) is 0 Å². The summed E-state index contributed by atoms with van der Waals surface area (Å²) in [6, 6.07) is 17.5. The Morgan fingerprint density at radius 3 is 2.40 bits per heavy atom. The molecule has 4 rings (SSSR count). The maximum absolute atomic E-state index is 12.6. The first-order chi connectivity index (χ1) is 14.5. The molecule has 1 aliphatic rings. The van der Waals surface area contributed by atoms with Gasteiger partial charge in [-0.15, -0.1) is 10.2 Å². The average Bonchev–Trinajstić information content (AvgIpc) is 2.76. The molecule has 0 aliphatic carbocycles. The zero-order valence-corrected chi connectivity index (χ0v) is 17.7. The summed E-state index contributed by atoms with van der Waals surface area (Å²) in [4.78, 5) is 17.2. The third-order valence-corrected chi connectivity index (χ3v) is 5.66. The summed E-state index contributed by atoms with van der Waals surface area (Å²) in [7, 11) is 2.14. The van der Waals surface area contributed by atoms with Crippen LogP contribution in [0.5, 0.6) is 0 Å². The second kappa shape index (κ2) is 8.63. The van der Waals surface area contributed by atoms with Crippen LogP contribution in [0.2, 0.25) is 0 Å². The van der Waals surface area contributed by atoms with Gasteiger partial charge in [-0.3, -0.25) is 4.79 Å². The Hall–Kier alpha value is -3.25. The first-order valence-electron chi connectivity index (χ1n) is 10.3. The Labute approximate surface area is 177 Å². The van der Waals surface area contributed by atoms with Crippen LogP contribution in [0.15, 0.2) is 54.6 Å². The van der Waals surface area contributed by atoms with Crippen LogP contribution in [-0.4, -0.2) is 54.2 Å². The Bertz CT molecular complexity index is 1040. The second-order valence-corrected chi connectivity index (χ2v) is 7.90. The minimum atomic E-state index is -0.119. The first kappa shape index (κ1) is 20.0. The number of likely N-dealkylation sites (N-methyl/N-ethyl adjacent to an activating group) is 1. The van der Waals surface area contributed by atoms with Crippen LogP contribution in [0, 0.1) is 13.8 Å².